The van der Waals surface area contributed by atoms with Gasteiger partial charge in [-0.1, -0.05) is 18.2 Å². The second-order valence-electron chi connectivity index (χ2n) is 4.21. The van der Waals surface area contributed by atoms with E-state index in [2.05, 4.69) is 10.1 Å². The van der Waals surface area contributed by atoms with Crippen LogP contribution in [0, 0.1) is 0 Å². The number of aromatic nitrogens is 3. The quantitative estimate of drug-likeness (QED) is 0.684. The predicted molar refractivity (Wildman–Crippen MR) is 74.8 cm³/mol. The Labute approximate surface area is 115 Å². The fourth-order valence-corrected chi connectivity index (χ4v) is 2.07. The minimum absolute atomic E-state index is 0.326. The molecule has 2 aromatic heterocycles. The van der Waals surface area contributed by atoms with Gasteiger partial charge in [-0.05, 0) is 25.1 Å². The Morgan fingerprint density at radius 1 is 1.25 bits per heavy atom. The van der Waals surface area contributed by atoms with Crippen LogP contribution in [0.15, 0.2) is 48.8 Å². The van der Waals surface area contributed by atoms with Gasteiger partial charge in [-0.3, -0.25) is 0 Å². The first-order chi connectivity index (χ1) is 9.81. The molecular weight excluding hydrogens is 254 g/mol. The lowest BCUT2D eigenvalue weighted by Gasteiger charge is -2.08. The molecule has 0 aliphatic rings. The Balaban J connectivity index is 2.17. The highest BCUT2D eigenvalue weighted by Gasteiger charge is 2.16. The molecule has 20 heavy (non-hydrogen) atoms. The van der Waals surface area contributed by atoms with Gasteiger partial charge in [0.05, 0.1) is 18.3 Å². The third-order valence-electron chi connectivity index (χ3n) is 2.96. The van der Waals surface area contributed by atoms with Gasteiger partial charge in [-0.2, -0.15) is 5.10 Å². The number of ether oxygens (including phenoxy) is 1. The lowest BCUT2D eigenvalue weighted by Crippen LogP contribution is -2.11. The molecule has 5 heteroatoms. The predicted octanol–water partition coefficient (Wildman–Crippen LogP) is 2.60. The number of hydrogen-bond donors (Lipinski definition) is 0. The van der Waals surface area contributed by atoms with Crippen molar-refractivity contribution >= 4 is 16.9 Å². The van der Waals surface area contributed by atoms with Crippen molar-refractivity contribution < 1.29 is 9.53 Å². The molecule has 0 saturated heterocycles. The molecule has 0 spiro atoms. The van der Waals surface area contributed by atoms with Crippen molar-refractivity contribution in [2.75, 3.05) is 6.61 Å². The summed E-state index contributed by atoms with van der Waals surface area (Å²) in [6.45, 7) is 2.10. The van der Waals surface area contributed by atoms with E-state index in [1.54, 1.807) is 36.1 Å². The second kappa shape index (κ2) is 5.13. The Bertz CT molecular complexity index is 764. The molecule has 5 nitrogen and oxygen atoms in total. The third-order valence-corrected chi connectivity index (χ3v) is 2.96. The summed E-state index contributed by atoms with van der Waals surface area (Å²) in [5, 5.41) is 5.31. The number of rotatable bonds is 3. The summed E-state index contributed by atoms with van der Waals surface area (Å²) < 4.78 is 6.71. The maximum atomic E-state index is 12.0. The molecule has 0 aliphatic carbocycles. The number of carbonyl (C=O) groups excluding carboxylic acids is 1. The number of para-hydroxylation sites is 1. The average molecular weight is 267 g/mol. The average Bonchev–Trinajstić information content (AvgIpc) is 2.91. The number of hydrogen-bond acceptors (Lipinski definition) is 4. The summed E-state index contributed by atoms with van der Waals surface area (Å²) in [6, 6.07) is 11.2. The molecule has 2 heterocycles. The van der Waals surface area contributed by atoms with E-state index < -0.39 is 5.97 Å². The molecular formula is C15H13N3O2. The van der Waals surface area contributed by atoms with E-state index in [0.717, 1.165) is 10.9 Å². The molecule has 0 unspecified atom stereocenters. The van der Waals surface area contributed by atoms with Crippen LogP contribution in [0.4, 0.5) is 0 Å². The Morgan fingerprint density at radius 2 is 2.10 bits per heavy atom. The monoisotopic (exact) mass is 267 g/mol. The summed E-state index contributed by atoms with van der Waals surface area (Å²) in [4.78, 5) is 16.3. The minimum Gasteiger partial charge on any atom is -0.462 e. The number of benzene rings is 1. The number of nitrogens with zero attached hydrogens (tertiary/aromatic N) is 3. The number of pyridine rings is 1. The van der Waals surface area contributed by atoms with E-state index in [1.807, 2.05) is 24.3 Å². The van der Waals surface area contributed by atoms with Crippen LogP contribution < -0.4 is 0 Å². The largest absolute Gasteiger partial charge is 0.462 e. The normalized spacial score (nSPS) is 10.7. The molecule has 0 N–H and O–H groups in total. The minimum atomic E-state index is -0.393. The van der Waals surface area contributed by atoms with Crippen LogP contribution >= 0.6 is 0 Å². The zero-order valence-electron chi connectivity index (χ0n) is 11.0. The van der Waals surface area contributed by atoms with Crippen molar-refractivity contribution in [3.05, 3.63) is 54.4 Å². The third kappa shape index (κ3) is 2.03. The van der Waals surface area contributed by atoms with Gasteiger partial charge in [0.25, 0.3) is 0 Å². The van der Waals surface area contributed by atoms with Gasteiger partial charge in [0, 0.05) is 11.6 Å². The van der Waals surface area contributed by atoms with Gasteiger partial charge >= 0.3 is 5.97 Å². The van der Waals surface area contributed by atoms with E-state index in [-0.39, 0.29) is 0 Å². The van der Waals surface area contributed by atoms with Crippen LogP contribution in [0.2, 0.25) is 0 Å². The van der Waals surface area contributed by atoms with Gasteiger partial charge in [-0.15, -0.1) is 0 Å². The van der Waals surface area contributed by atoms with Gasteiger partial charge in [0.1, 0.15) is 5.56 Å². The number of fused-ring (bicyclic) bond motifs is 1. The maximum Gasteiger partial charge on any atom is 0.341 e. The van der Waals surface area contributed by atoms with E-state index >= 15 is 0 Å². The second-order valence-corrected chi connectivity index (χ2v) is 4.21. The Hall–Kier alpha value is -2.69. The van der Waals surface area contributed by atoms with Gasteiger partial charge in [0.15, 0.2) is 5.82 Å². The Kier molecular flexibility index (Phi) is 3.16. The first-order valence-electron chi connectivity index (χ1n) is 6.36. The highest BCUT2D eigenvalue weighted by Crippen LogP contribution is 2.19. The molecule has 0 amide bonds. The molecule has 0 fully saturated rings. The van der Waals surface area contributed by atoms with Crippen molar-refractivity contribution in [1.29, 1.82) is 0 Å². The molecule has 3 rings (SSSR count). The van der Waals surface area contributed by atoms with Crippen molar-refractivity contribution in [1.82, 2.24) is 14.8 Å². The molecule has 100 valence electrons. The summed E-state index contributed by atoms with van der Waals surface area (Å²) in [7, 11) is 0. The Morgan fingerprint density at radius 3 is 2.95 bits per heavy atom. The summed E-state index contributed by atoms with van der Waals surface area (Å²) in [6.07, 6.45) is 3.38. The summed E-state index contributed by atoms with van der Waals surface area (Å²) >= 11 is 0. The van der Waals surface area contributed by atoms with Crippen molar-refractivity contribution in [2.45, 2.75) is 6.92 Å². The topological polar surface area (TPSA) is 57.0 Å². The van der Waals surface area contributed by atoms with Crippen molar-refractivity contribution in [3.8, 4) is 5.82 Å². The van der Waals surface area contributed by atoms with Crippen LogP contribution in [-0.4, -0.2) is 27.3 Å². The van der Waals surface area contributed by atoms with Crippen molar-refractivity contribution in [2.24, 2.45) is 0 Å². The fourth-order valence-electron chi connectivity index (χ4n) is 2.07. The molecule has 0 radical (unpaired) electrons. The van der Waals surface area contributed by atoms with Crippen molar-refractivity contribution in [3.63, 3.8) is 0 Å². The summed E-state index contributed by atoms with van der Waals surface area (Å²) in [5.41, 5.74) is 1.31. The van der Waals surface area contributed by atoms with Gasteiger partial charge < -0.3 is 4.74 Å². The van der Waals surface area contributed by atoms with Crippen LogP contribution in [0.3, 0.4) is 0 Å². The van der Waals surface area contributed by atoms with E-state index in [1.165, 1.54) is 0 Å². The molecule has 0 atom stereocenters. The smallest absolute Gasteiger partial charge is 0.341 e. The zero-order chi connectivity index (χ0) is 13.9. The van der Waals surface area contributed by atoms with Crippen LogP contribution in [0.25, 0.3) is 16.7 Å². The van der Waals surface area contributed by atoms with Crippen LogP contribution in [0.1, 0.15) is 17.3 Å². The standard InChI is InChI=1S/C15H13N3O2/c1-2-20-15(19)12-7-5-9-16-14(12)18-13-8-4-3-6-11(13)10-17-18/h3-10H,2H2,1H3. The number of esters is 1. The SMILES string of the molecule is CCOC(=O)c1cccnc1-n1ncc2ccccc21. The van der Waals surface area contributed by atoms with Gasteiger partial charge in [-0.25, -0.2) is 14.5 Å². The molecule has 3 aromatic rings. The molecule has 0 bridgehead atoms. The zero-order valence-corrected chi connectivity index (χ0v) is 11.0. The highest BCUT2D eigenvalue weighted by atomic mass is 16.5. The van der Waals surface area contributed by atoms with Crippen LogP contribution in [-0.2, 0) is 4.74 Å². The van der Waals surface area contributed by atoms with E-state index in [4.69, 9.17) is 4.74 Å². The highest BCUT2D eigenvalue weighted by molar-refractivity contribution is 5.93. The fraction of sp³-hybridized carbons (Fsp3) is 0.133. The van der Waals surface area contributed by atoms with E-state index in [9.17, 15) is 4.79 Å². The maximum absolute atomic E-state index is 12.0. The van der Waals surface area contributed by atoms with Gasteiger partial charge in [0.2, 0.25) is 0 Å². The van der Waals surface area contributed by atoms with Crippen LogP contribution in [0.5, 0.6) is 0 Å². The molecule has 0 saturated carbocycles. The first-order valence-corrected chi connectivity index (χ1v) is 6.36. The molecule has 1 aromatic carbocycles. The molecule has 0 aliphatic heterocycles. The first kappa shape index (κ1) is 12.3. The summed E-state index contributed by atoms with van der Waals surface area (Å²) in [5.74, 6) is 0.0855. The lowest BCUT2D eigenvalue weighted by molar-refractivity contribution is 0.0526. The van der Waals surface area contributed by atoms with E-state index in [0.29, 0.717) is 18.0 Å². The number of carbonyl (C=O) groups is 1. The lowest BCUT2D eigenvalue weighted by atomic mass is 10.2.